The predicted octanol–water partition coefficient (Wildman–Crippen LogP) is 7.42. The van der Waals surface area contributed by atoms with Crippen LogP contribution >= 0.6 is 0 Å². The van der Waals surface area contributed by atoms with Crippen LogP contribution in [0.5, 0.6) is 11.5 Å². The zero-order valence-corrected chi connectivity index (χ0v) is 28.0. The second-order valence-electron chi connectivity index (χ2n) is 15.6. The minimum absolute atomic E-state index is 0.0363. The lowest BCUT2D eigenvalue weighted by molar-refractivity contribution is -0.164. The molecule has 1 aliphatic heterocycles. The average Bonchev–Trinajstić information content (AvgIpc) is 3.55. The molecule has 1 saturated heterocycles. The van der Waals surface area contributed by atoms with E-state index in [2.05, 4.69) is 32.1 Å². The van der Waals surface area contributed by atoms with Crippen molar-refractivity contribution >= 4 is 11.9 Å². The number of amides is 1. The maximum atomic E-state index is 14.6. The summed E-state index contributed by atoms with van der Waals surface area (Å²) in [7, 11) is 3.19. The maximum absolute atomic E-state index is 14.6. The van der Waals surface area contributed by atoms with Crippen LogP contribution in [0, 0.1) is 45.1 Å². The van der Waals surface area contributed by atoms with Crippen molar-refractivity contribution < 1.29 is 37.7 Å². The number of ether oxygens (including phenoxy) is 3. The first-order valence-corrected chi connectivity index (χ1v) is 17.2. The number of halogens is 2. The van der Waals surface area contributed by atoms with Gasteiger partial charge in [0.2, 0.25) is 0 Å². The van der Waals surface area contributed by atoms with E-state index in [1.807, 2.05) is 12.1 Å². The smallest absolute Gasteiger partial charge is 0.410 e. The minimum atomic E-state index is -1.05. The van der Waals surface area contributed by atoms with Crippen molar-refractivity contribution in [1.82, 2.24) is 4.90 Å². The molecule has 1 amide bonds. The number of hydrogen-bond acceptors (Lipinski definition) is 6. The third-order valence-electron chi connectivity index (χ3n) is 13.9. The van der Waals surface area contributed by atoms with Crippen molar-refractivity contribution in [2.45, 2.75) is 77.0 Å². The Morgan fingerprint density at radius 2 is 1.71 bits per heavy atom. The number of rotatable bonds is 6. The summed E-state index contributed by atoms with van der Waals surface area (Å²) in [6.45, 7) is 5.30. The largest absolute Gasteiger partial charge is 0.497 e. The van der Waals surface area contributed by atoms with Gasteiger partial charge in [0, 0.05) is 39.0 Å². The molecule has 4 fully saturated rings. The Morgan fingerprint density at radius 3 is 2.46 bits per heavy atom. The van der Waals surface area contributed by atoms with Crippen LogP contribution in [-0.2, 0) is 11.3 Å². The molecule has 2 aromatic rings. The summed E-state index contributed by atoms with van der Waals surface area (Å²) in [4.78, 5) is 30.0. The van der Waals surface area contributed by atoms with Crippen LogP contribution in [0.1, 0.15) is 74.7 Å². The first kappa shape index (κ1) is 31.5. The van der Waals surface area contributed by atoms with Crippen molar-refractivity contribution in [3.05, 3.63) is 83.0 Å². The molecule has 3 saturated carbocycles. The van der Waals surface area contributed by atoms with Gasteiger partial charge in [0.25, 0.3) is 0 Å². The zero-order chi connectivity index (χ0) is 33.9. The van der Waals surface area contributed by atoms with Gasteiger partial charge in [-0.2, -0.15) is 0 Å². The van der Waals surface area contributed by atoms with Crippen molar-refractivity contribution in [1.29, 1.82) is 0 Å². The van der Waals surface area contributed by atoms with E-state index in [1.54, 1.807) is 25.2 Å². The molecule has 9 rings (SSSR count). The highest BCUT2D eigenvalue weighted by atomic mass is 19.2. The number of carbonyl (C=O) groups is 2. The molecule has 1 N–H and O–H groups in total. The van der Waals surface area contributed by atoms with Gasteiger partial charge in [-0.1, -0.05) is 32.1 Å². The highest BCUT2D eigenvalue weighted by molar-refractivity contribution is 6.10. The number of allylic oxidation sites excluding steroid dienone is 4. The van der Waals surface area contributed by atoms with Crippen LogP contribution in [0.25, 0.3) is 0 Å². The quantitative estimate of drug-likeness (QED) is 0.257. The fourth-order valence-corrected chi connectivity index (χ4v) is 11.5. The SMILES string of the molecule is COc1ccc(CN2CC3(CCC4C56C=CC7(C=C5C(=O)c5ccc(F)c(F)c5)CC(O)CCC7(C)C6CCC43C)OC2=O)c(OC)c1. The average molecular weight is 660 g/mol. The van der Waals surface area contributed by atoms with E-state index in [-0.39, 0.29) is 34.7 Å². The molecule has 8 atom stereocenters. The van der Waals surface area contributed by atoms with E-state index >= 15 is 0 Å². The third-order valence-corrected chi connectivity index (χ3v) is 13.9. The third kappa shape index (κ3) is 3.94. The van der Waals surface area contributed by atoms with Crippen LogP contribution in [-0.4, -0.2) is 54.4 Å². The number of fused-ring (bicyclic) bond motifs is 2. The molecule has 2 aromatic carbocycles. The molecule has 0 aromatic heterocycles. The first-order valence-electron chi connectivity index (χ1n) is 17.2. The number of aliphatic hydroxyl groups is 1. The lowest BCUT2D eigenvalue weighted by Gasteiger charge is -2.71. The molecule has 2 bridgehead atoms. The van der Waals surface area contributed by atoms with Gasteiger partial charge >= 0.3 is 6.09 Å². The lowest BCUT2D eigenvalue weighted by atomic mass is 9.32. The van der Waals surface area contributed by atoms with Gasteiger partial charge in [0.1, 0.15) is 17.1 Å². The summed E-state index contributed by atoms with van der Waals surface area (Å²) < 4.78 is 46.0. The number of Topliss-reactive ketones (excluding diaryl/α,β-unsaturated/α-hetero) is 1. The summed E-state index contributed by atoms with van der Waals surface area (Å²) in [5.74, 6) is -0.987. The monoisotopic (exact) mass is 659 g/mol. The summed E-state index contributed by atoms with van der Waals surface area (Å²) in [6.07, 6.45) is 10.8. The minimum Gasteiger partial charge on any atom is -0.497 e. The molecule has 48 heavy (non-hydrogen) atoms. The fraction of sp³-hybridized carbons (Fsp3) is 0.538. The van der Waals surface area contributed by atoms with Gasteiger partial charge in [-0.05, 0) is 92.5 Å². The van der Waals surface area contributed by atoms with E-state index in [0.29, 0.717) is 49.4 Å². The number of nitrogens with zero attached hydrogens (tertiary/aromatic N) is 1. The van der Waals surface area contributed by atoms with Gasteiger partial charge in [0.15, 0.2) is 17.4 Å². The summed E-state index contributed by atoms with van der Waals surface area (Å²) in [5, 5.41) is 10.9. The number of hydrogen-bond donors (Lipinski definition) is 1. The molecule has 9 heteroatoms. The van der Waals surface area contributed by atoms with Crippen LogP contribution in [0.3, 0.4) is 0 Å². The van der Waals surface area contributed by atoms with Gasteiger partial charge in [-0.3, -0.25) is 9.69 Å². The van der Waals surface area contributed by atoms with Gasteiger partial charge in [-0.25, -0.2) is 13.6 Å². The molecule has 254 valence electrons. The van der Waals surface area contributed by atoms with E-state index in [9.17, 15) is 23.5 Å². The van der Waals surface area contributed by atoms with Crippen LogP contribution < -0.4 is 9.47 Å². The molecule has 1 heterocycles. The van der Waals surface area contributed by atoms with Gasteiger partial charge in [-0.15, -0.1) is 0 Å². The highest BCUT2D eigenvalue weighted by Gasteiger charge is 2.76. The van der Waals surface area contributed by atoms with Crippen molar-refractivity contribution in [3.63, 3.8) is 0 Å². The van der Waals surface area contributed by atoms with E-state index in [0.717, 1.165) is 43.4 Å². The van der Waals surface area contributed by atoms with Crippen molar-refractivity contribution in [2.75, 3.05) is 20.8 Å². The molecule has 7 nitrogen and oxygen atoms in total. The molecular weight excluding hydrogens is 616 g/mol. The summed E-state index contributed by atoms with van der Waals surface area (Å²) in [6, 6.07) is 8.95. The van der Waals surface area contributed by atoms with E-state index < -0.39 is 39.6 Å². The zero-order valence-electron chi connectivity index (χ0n) is 28.0. The predicted molar refractivity (Wildman–Crippen MR) is 173 cm³/mol. The topological polar surface area (TPSA) is 85.3 Å². The standard InChI is InChI=1S/C39H43F2NO6/c1-35-12-9-25(43)19-37(35)15-16-39(27(20-37)33(44)23-6-8-28(40)29(41)17-23)31(35)10-13-36(2)32(39)11-14-38(36)22-42(34(45)48-38)21-24-5-7-26(46-3)18-30(24)47-4/h5-8,15-18,20,25,31-32,43H,9-14,19,21-22H2,1-4H3. The van der Waals surface area contributed by atoms with Crippen LogP contribution in [0.2, 0.25) is 0 Å². The molecular formula is C39H43F2NO6. The Bertz CT molecular complexity index is 1790. The molecule has 3 spiro atoms. The second-order valence-corrected chi connectivity index (χ2v) is 15.6. The Balaban J connectivity index is 1.20. The number of aliphatic hydroxyl groups excluding tert-OH is 1. The molecule has 8 unspecified atom stereocenters. The normalized spacial score (nSPS) is 39.1. The van der Waals surface area contributed by atoms with Crippen LogP contribution in [0.15, 0.2) is 60.2 Å². The number of benzene rings is 2. The first-order chi connectivity index (χ1) is 22.8. The second kappa shape index (κ2) is 10.4. The van der Waals surface area contributed by atoms with E-state index in [1.165, 1.54) is 6.07 Å². The molecule has 6 aliphatic carbocycles. The summed E-state index contributed by atoms with van der Waals surface area (Å²) >= 11 is 0. The number of methoxy groups -OCH3 is 2. The van der Waals surface area contributed by atoms with Gasteiger partial charge < -0.3 is 19.3 Å². The van der Waals surface area contributed by atoms with E-state index in [4.69, 9.17) is 14.2 Å². The number of ketones is 1. The summed E-state index contributed by atoms with van der Waals surface area (Å²) in [5.41, 5.74) is -1.03. The lowest BCUT2D eigenvalue weighted by Crippen LogP contribution is -2.67. The number of carbonyl (C=O) groups excluding carboxylic acids is 2. The Labute approximate surface area is 279 Å². The Kier molecular flexibility index (Phi) is 6.83. The fourth-order valence-electron chi connectivity index (χ4n) is 11.5. The van der Waals surface area contributed by atoms with Crippen molar-refractivity contribution in [3.8, 4) is 11.5 Å². The molecule has 7 aliphatic rings. The Hall–Kier alpha value is -3.72. The van der Waals surface area contributed by atoms with Crippen molar-refractivity contribution in [2.24, 2.45) is 33.5 Å². The molecule has 0 radical (unpaired) electrons. The van der Waals surface area contributed by atoms with Gasteiger partial charge in [0.05, 0.1) is 33.4 Å². The Morgan fingerprint density at radius 1 is 0.958 bits per heavy atom. The van der Waals surface area contributed by atoms with Crippen LogP contribution in [0.4, 0.5) is 13.6 Å². The highest BCUT2D eigenvalue weighted by Crippen LogP contribution is 2.79. The maximum Gasteiger partial charge on any atom is 0.410 e.